The molecule has 1 nitrogen and oxygen atoms in total. The third-order valence-corrected chi connectivity index (χ3v) is 5.06. The summed E-state index contributed by atoms with van der Waals surface area (Å²) >= 11 is 0. The van der Waals surface area contributed by atoms with Gasteiger partial charge in [0.2, 0.25) is 0 Å². The standard InChI is InChI=1S/C26H33N/c1-2-3-4-5-6-7-8-9-10-11-23-12-14-24(15-13-23)16-17-25-18-20-26(22-27)21-19-25/h12-21H,2-11H2,1H3. The smallest absolute Gasteiger partial charge is 0.0991 e. The number of hydrogen-bond acceptors (Lipinski definition) is 1. The van der Waals surface area contributed by atoms with Crippen LogP contribution in [0.15, 0.2) is 48.5 Å². The largest absolute Gasteiger partial charge is 0.192 e. The van der Waals surface area contributed by atoms with Crippen molar-refractivity contribution in [3.05, 3.63) is 70.8 Å². The molecule has 0 aliphatic heterocycles. The molecule has 0 aliphatic carbocycles. The molecule has 0 radical (unpaired) electrons. The zero-order valence-corrected chi connectivity index (χ0v) is 16.8. The minimum Gasteiger partial charge on any atom is -0.192 e. The molecule has 0 saturated carbocycles. The van der Waals surface area contributed by atoms with Crippen LogP contribution in [0.5, 0.6) is 0 Å². The molecule has 2 rings (SSSR count). The van der Waals surface area contributed by atoms with E-state index in [-0.39, 0.29) is 0 Å². The summed E-state index contributed by atoms with van der Waals surface area (Å²) in [6, 6.07) is 18.7. The minimum atomic E-state index is 0.702. The summed E-state index contributed by atoms with van der Waals surface area (Å²) in [7, 11) is 0. The summed E-state index contributed by atoms with van der Waals surface area (Å²) in [5.41, 5.74) is 4.48. The molecule has 0 amide bonds. The predicted molar refractivity (Wildman–Crippen MR) is 117 cm³/mol. The number of benzene rings is 2. The fourth-order valence-corrected chi connectivity index (χ4v) is 3.30. The lowest BCUT2D eigenvalue weighted by atomic mass is 10.0. The first kappa shape index (κ1) is 21.0. The zero-order chi connectivity index (χ0) is 19.2. The first-order valence-electron chi connectivity index (χ1n) is 10.6. The Morgan fingerprint density at radius 2 is 1.15 bits per heavy atom. The summed E-state index contributed by atoms with van der Waals surface area (Å²) in [5.74, 6) is 0. The zero-order valence-electron chi connectivity index (χ0n) is 16.8. The average Bonchev–Trinajstić information content (AvgIpc) is 2.72. The van der Waals surface area contributed by atoms with Crippen molar-refractivity contribution in [1.82, 2.24) is 0 Å². The van der Waals surface area contributed by atoms with Crippen molar-refractivity contribution in [2.24, 2.45) is 0 Å². The Morgan fingerprint density at radius 3 is 1.67 bits per heavy atom. The lowest BCUT2D eigenvalue weighted by Gasteiger charge is -2.03. The predicted octanol–water partition coefficient (Wildman–Crippen LogP) is 7.80. The molecule has 0 atom stereocenters. The van der Waals surface area contributed by atoms with Crippen molar-refractivity contribution in [3.63, 3.8) is 0 Å². The van der Waals surface area contributed by atoms with Crippen LogP contribution in [0.4, 0.5) is 0 Å². The van der Waals surface area contributed by atoms with E-state index in [0.717, 1.165) is 5.56 Å². The van der Waals surface area contributed by atoms with E-state index in [4.69, 9.17) is 5.26 Å². The highest BCUT2D eigenvalue weighted by atomic mass is 14.2. The van der Waals surface area contributed by atoms with E-state index in [1.807, 2.05) is 24.3 Å². The van der Waals surface area contributed by atoms with E-state index in [2.05, 4.69) is 49.4 Å². The van der Waals surface area contributed by atoms with E-state index >= 15 is 0 Å². The number of hydrogen-bond donors (Lipinski definition) is 0. The SMILES string of the molecule is CCCCCCCCCCCc1ccc(C=Cc2ccc(C#N)cc2)cc1. The Balaban J connectivity index is 1.64. The monoisotopic (exact) mass is 359 g/mol. The molecule has 0 fully saturated rings. The highest BCUT2D eigenvalue weighted by Crippen LogP contribution is 2.14. The molecule has 1 heteroatoms. The van der Waals surface area contributed by atoms with Gasteiger partial charge < -0.3 is 0 Å². The fraction of sp³-hybridized carbons (Fsp3) is 0.423. The molecule has 142 valence electrons. The van der Waals surface area contributed by atoms with Crippen LogP contribution in [0, 0.1) is 11.3 Å². The number of nitrogens with zero attached hydrogens (tertiary/aromatic N) is 1. The molecule has 27 heavy (non-hydrogen) atoms. The Hall–Kier alpha value is -2.33. The van der Waals surface area contributed by atoms with E-state index < -0.39 is 0 Å². The van der Waals surface area contributed by atoms with Crippen molar-refractivity contribution in [2.45, 2.75) is 71.1 Å². The Labute approximate surface area is 165 Å². The average molecular weight is 360 g/mol. The van der Waals surface area contributed by atoms with Gasteiger partial charge in [-0.15, -0.1) is 0 Å². The summed E-state index contributed by atoms with van der Waals surface area (Å²) in [4.78, 5) is 0. The molecule has 0 unspecified atom stereocenters. The van der Waals surface area contributed by atoms with E-state index in [0.29, 0.717) is 5.56 Å². The van der Waals surface area contributed by atoms with Gasteiger partial charge in [-0.05, 0) is 41.7 Å². The summed E-state index contributed by atoms with van der Waals surface area (Å²) in [6.07, 6.45) is 17.9. The van der Waals surface area contributed by atoms with Crippen LogP contribution < -0.4 is 0 Å². The first-order chi connectivity index (χ1) is 13.3. The summed E-state index contributed by atoms with van der Waals surface area (Å²) in [6.45, 7) is 2.28. The minimum absolute atomic E-state index is 0.702. The second-order valence-corrected chi connectivity index (χ2v) is 7.39. The van der Waals surface area contributed by atoms with Crippen LogP contribution in [-0.4, -0.2) is 0 Å². The van der Waals surface area contributed by atoms with Crippen molar-refractivity contribution >= 4 is 12.2 Å². The van der Waals surface area contributed by atoms with Gasteiger partial charge in [0.25, 0.3) is 0 Å². The molecule has 0 heterocycles. The van der Waals surface area contributed by atoms with Crippen LogP contribution >= 0.6 is 0 Å². The van der Waals surface area contributed by atoms with Crippen molar-refractivity contribution in [1.29, 1.82) is 5.26 Å². The maximum absolute atomic E-state index is 8.84. The first-order valence-corrected chi connectivity index (χ1v) is 10.6. The van der Waals surface area contributed by atoms with Gasteiger partial charge in [-0.2, -0.15) is 5.26 Å². The Bertz CT molecular complexity index is 701. The van der Waals surface area contributed by atoms with Gasteiger partial charge >= 0.3 is 0 Å². The molecular formula is C26H33N. The highest BCUT2D eigenvalue weighted by molar-refractivity contribution is 5.69. The van der Waals surface area contributed by atoms with E-state index in [9.17, 15) is 0 Å². The van der Waals surface area contributed by atoms with Crippen LogP contribution in [0.1, 0.15) is 87.0 Å². The number of unbranched alkanes of at least 4 members (excludes halogenated alkanes) is 8. The third kappa shape index (κ3) is 8.74. The molecular weight excluding hydrogens is 326 g/mol. The fourth-order valence-electron chi connectivity index (χ4n) is 3.30. The second kappa shape index (κ2) is 12.9. The van der Waals surface area contributed by atoms with Gasteiger partial charge in [-0.1, -0.05) is 107 Å². The maximum Gasteiger partial charge on any atom is 0.0991 e. The van der Waals surface area contributed by atoms with Crippen LogP contribution in [-0.2, 0) is 6.42 Å². The van der Waals surface area contributed by atoms with Crippen LogP contribution in [0.3, 0.4) is 0 Å². The third-order valence-electron chi connectivity index (χ3n) is 5.06. The number of rotatable bonds is 12. The Morgan fingerprint density at radius 1 is 0.667 bits per heavy atom. The van der Waals surface area contributed by atoms with Gasteiger partial charge in [-0.3, -0.25) is 0 Å². The van der Waals surface area contributed by atoms with Crippen molar-refractivity contribution in [2.75, 3.05) is 0 Å². The van der Waals surface area contributed by atoms with Crippen molar-refractivity contribution in [3.8, 4) is 6.07 Å². The quantitative estimate of drug-likeness (QED) is 0.280. The summed E-state index contributed by atoms with van der Waals surface area (Å²) < 4.78 is 0. The number of nitriles is 1. The molecule has 0 saturated heterocycles. The molecule has 2 aromatic carbocycles. The molecule has 0 aliphatic rings. The topological polar surface area (TPSA) is 23.8 Å². The second-order valence-electron chi connectivity index (χ2n) is 7.39. The van der Waals surface area contributed by atoms with Gasteiger partial charge in [0, 0.05) is 0 Å². The molecule has 0 aromatic heterocycles. The molecule has 0 N–H and O–H groups in total. The van der Waals surface area contributed by atoms with Crippen LogP contribution in [0.25, 0.3) is 12.2 Å². The Kier molecular flexibility index (Phi) is 10.0. The molecule has 2 aromatic rings. The summed E-state index contributed by atoms with van der Waals surface area (Å²) in [5, 5.41) is 8.84. The van der Waals surface area contributed by atoms with Crippen molar-refractivity contribution < 1.29 is 0 Å². The van der Waals surface area contributed by atoms with E-state index in [1.165, 1.54) is 75.3 Å². The van der Waals surface area contributed by atoms with Gasteiger partial charge in [-0.25, -0.2) is 0 Å². The van der Waals surface area contributed by atoms with Gasteiger partial charge in [0.15, 0.2) is 0 Å². The molecule has 0 spiro atoms. The normalized spacial score (nSPS) is 11.0. The van der Waals surface area contributed by atoms with E-state index in [1.54, 1.807) is 0 Å². The van der Waals surface area contributed by atoms with Crippen LogP contribution in [0.2, 0.25) is 0 Å². The lowest BCUT2D eigenvalue weighted by molar-refractivity contribution is 0.565. The number of aryl methyl sites for hydroxylation is 1. The van der Waals surface area contributed by atoms with Gasteiger partial charge in [0.1, 0.15) is 0 Å². The lowest BCUT2D eigenvalue weighted by Crippen LogP contribution is -1.87. The molecule has 0 bridgehead atoms. The highest BCUT2D eigenvalue weighted by Gasteiger charge is 1.96. The van der Waals surface area contributed by atoms with Gasteiger partial charge in [0.05, 0.1) is 11.6 Å². The maximum atomic E-state index is 8.84.